The van der Waals surface area contributed by atoms with Crippen LogP contribution in [0.5, 0.6) is 11.5 Å². The number of rotatable bonds is 11. The lowest BCUT2D eigenvalue weighted by Crippen LogP contribution is -2.59. The Balaban J connectivity index is 1.35. The molecule has 1 saturated heterocycles. The lowest BCUT2D eigenvalue weighted by atomic mass is 9.45. The number of benzene rings is 3. The molecule has 3 aliphatic carbocycles. The van der Waals surface area contributed by atoms with Gasteiger partial charge in [0.2, 0.25) is 11.8 Å². The number of aromatic hydroxyl groups is 1. The van der Waals surface area contributed by atoms with E-state index in [0.717, 1.165) is 5.57 Å². The summed E-state index contributed by atoms with van der Waals surface area (Å²) in [5.41, 5.74) is 1.95. The largest absolute Gasteiger partial charge is 0.504 e. The Morgan fingerprint density at radius 1 is 0.923 bits per heavy atom. The third kappa shape index (κ3) is 5.88. The number of Topliss-reactive ketones (excluding diaryl/α,β-unsaturated/α-hetero) is 1. The number of nitrogens with zero attached hydrogens (tertiary/aromatic N) is 1. The zero-order valence-electron chi connectivity index (χ0n) is 28.9. The molecular weight excluding hydrogens is 658 g/mol. The molecular formula is C43H41NO8. The first-order valence-electron chi connectivity index (χ1n) is 17.9. The van der Waals surface area contributed by atoms with E-state index in [4.69, 9.17) is 9.84 Å². The molecule has 9 nitrogen and oxygen atoms in total. The predicted molar refractivity (Wildman–Crippen MR) is 194 cm³/mol. The molecule has 1 saturated carbocycles. The molecule has 7 rings (SSSR count). The summed E-state index contributed by atoms with van der Waals surface area (Å²) in [6, 6.07) is 23.5. The van der Waals surface area contributed by atoms with Gasteiger partial charge in [0, 0.05) is 30.4 Å². The smallest absolute Gasteiger partial charge is 0.303 e. The van der Waals surface area contributed by atoms with Crippen LogP contribution in [0.1, 0.15) is 55.2 Å². The first kappa shape index (κ1) is 34.9. The molecule has 3 aromatic carbocycles. The number of hydrogen-bond acceptors (Lipinski definition) is 7. The molecule has 2 amide bonds. The molecule has 2 fully saturated rings. The van der Waals surface area contributed by atoms with Crippen LogP contribution in [0.2, 0.25) is 0 Å². The fourth-order valence-electron chi connectivity index (χ4n) is 9.14. The third-order valence-corrected chi connectivity index (χ3v) is 11.5. The summed E-state index contributed by atoms with van der Waals surface area (Å²) in [4.78, 5) is 70.4. The number of ketones is 2. The number of allylic oxidation sites excluding steroid dienone is 5. The molecule has 0 aromatic heterocycles. The standard InChI is InChI=1S/C43H41NO8/c1-52-36-23-26(17-21-35(36)45)16-20-33-29-18-19-30-39(42(51)44(41(30)50)22-10-4-9-15-38(47)48)32(29)24-34-40(49)31(27-11-5-2-6-12-27)25-37(46)43(33,34)28-13-7-3-8-14-28/h2-3,5-8,11-14,16-18,20-21,23,25,30,32-34,39,45H,4,9-10,15,19,22,24H2,1H3,(H,47,48). The molecule has 52 heavy (non-hydrogen) atoms. The SMILES string of the molecule is COc1cc(C=CC2C3=CCC4C(=O)N(CCCCCC(=O)O)C(=O)C4C3CC3C(=O)C(c4ccccc4)=CC(=O)C23c2ccccc2)ccc1O. The van der Waals surface area contributed by atoms with Crippen LogP contribution in [0.25, 0.3) is 11.6 Å². The minimum Gasteiger partial charge on any atom is -0.504 e. The number of carbonyl (C=O) groups excluding carboxylic acids is 4. The molecule has 1 aliphatic heterocycles. The minimum atomic E-state index is -1.32. The van der Waals surface area contributed by atoms with Crippen molar-refractivity contribution < 1.29 is 38.9 Å². The van der Waals surface area contributed by atoms with Gasteiger partial charge in [-0.15, -0.1) is 0 Å². The molecule has 0 spiro atoms. The highest BCUT2D eigenvalue weighted by atomic mass is 16.5. The van der Waals surface area contributed by atoms with Gasteiger partial charge in [-0.3, -0.25) is 28.9 Å². The van der Waals surface area contributed by atoms with E-state index in [2.05, 4.69) is 0 Å². The predicted octanol–water partition coefficient (Wildman–Crippen LogP) is 6.42. The van der Waals surface area contributed by atoms with E-state index in [1.165, 1.54) is 24.2 Å². The molecule has 2 N–H and O–H groups in total. The van der Waals surface area contributed by atoms with Crippen LogP contribution in [-0.2, 0) is 29.4 Å². The highest BCUT2D eigenvalue weighted by Crippen LogP contribution is 2.61. The first-order valence-corrected chi connectivity index (χ1v) is 17.9. The van der Waals surface area contributed by atoms with Crippen molar-refractivity contribution in [2.45, 2.75) is 43.9 Å². The zero-order chi connectivity index (χ0) is 36.6. The van der Waals surface area contributed by atoms with E-state index < -0.39 is 41.0 Å². The summed E-state index contributed by atoms with van der Waals surface area (Å²) < 4.78 is 5.35. The summed E-state index contributed by atoms with van der Waals surface area (Å²) in [5, 5.41) is 19.3. The number of carbonyl (C=O) groups is 5. The van der Waals surface area contributed by atoms with Crippen molar-refractivity contribution >= 4 is 41.0 Å². The lowest BCUT2D eigenvalue weighted by molar-refractivity contribution is -0.141. The Morgan fingerprint density at radius 3 is 2.37 bits per heavy atom. The number of carboxylic acids is 1. The van der Waals surface area contributed by atoms with Crippen molar-refractivity contribution in [1.29, 1.82) is 0 Å². The van der Waals surface area contributed by atoms with Gasteiger partial charge in [-0.05, 0) is 66.5 Å². The van der Waals surface area contributed by atoms with E-state index in [-0.39, 0.29) is 54.3 Å². The van der Waals surface area contributed by atoms with Gasteiger partial charge in [0.25, 0.3) is 0 Å². The normalized spacial score (nSPS) is 26.8. The molecule has 4 aliphatic rings. The first-order chi connectivity index (χ1) is 25.2. The maximum absolute atomic E-state index is 15.0. The lowest BCUT2D eigenvalue weighted by Gasteiger charge is -2.54. The van der Waals surface area contributed by atoms with Crippen molar-refractivity contribution in [1.82, 2.24) is 4.90 Å². The quantitative estimate of drug-likeness (QED) is 0.133. The van der Waals surface area contributed by atoms with E-state index in [0.29, 0.717) is 47.9 Å². The number of amides is 2. The fourth-order valence-corrected chi connectivity index (χ4v) is 9.14. The molecule has 6 unspecified atom stereocenters. The second-order valence-corrected chi connectivity index (χ2v) is 14.2. The topological polar surface area (TPSA) is 138 Å². The number of carboxylic acid groups (broad SMARTS) is 1. The number of ether oxygens (including phenoxy) is 1. The van der Waals surface area contributed by atoms with Crippen LogP contribution in [-0.4, -0.2) is 58.1 Å². The molecule has 0 bridgehead atoms. The zero-order valence-corrected chi connectivity index (χ0v) is 28.9. The Hall–Kier alpha value is -5.57. The summed E-state index contributed by atoms with van der Waals surface area (Å²) in [7, 11) is 1.47. The second-order valence-electron chi connectivity index (χ2n) is 14.2. The maximum atomic E-state index is 15.0. The molecule has 3 aromatic rings. The number of likely N-dealkylation sites (tertiary alicyclic amines) is 1. The summed E-state index contributed by atoms with van der Waals surface area (Å²) >= 11 is 0. The minimum absolute atomic E-state index is 0.0123. The Morgan fingerprint density at radius 2 is 1.65 bits per heavy atom. The number of phenolic OH excluding ortho intramolecular Hbond substituents is 1. The molecule has 0 radical (unpaired) electrons. The van der Waals surface area contributed by atoms with Crippen molar-refractivity contribution in [3.05, 3.63) is 119 Å². The van der Waals surface area contributed by atoms with Crippen LogP contribution in [0, 0.1) is 29.6 Å². The number of unbranched alkanes of at least 4 members (excludes halogenated alkanes) is 2. The average Bonchev–Trinajstić information content (AvgIpc) is 3.40. The summed E-state index contributed by atoms with van der Waals surface area (Å²) in [6.07, 6.45) is 9.46. The van der Waals surface area contributed by atoms with Gasteiger partial charge in [0.05, 0.1) is 24.4 Å². The van der Waals surface area contributed by atoms with Crippen molar-refractivity contribution in [3.63, 3.8) is 0 Å². The number of imide groups is 1. The number of hydrogen-bond donors (Lipinski definition) is 2. The van der Waals surface area contributed by atoms with Crippen molar-refractivity contribution in [2.75, 3.05) is 13.7 Å². The van der Waals surface area contributed by atoms with Crippen LogP contribution < -0.4 is 4.74 Å². The summed E-state index contributed by atoms with van der Waals surface area (Å²) in [5.74, 6) is -4.67. The number of methoxy groups -OCH3 is 1. The maximum Gasteiger partial charge on any atom is 0.303 e. The fraction of sp³-hybridized carbons (Fsp3) is 0.326. The van der Waals surface area contributed by atoms with Gasteiger partial charge in [-0.25, -0.2) is 0 Å². The average molecular weight is 700 g/mol. The highest BCUT2D eigenvalue weighted by Gasteiger charge is 2.65. The Labute approximate surface area is 302 Å². The van der Waals surface area contributed by atoms with Crippen LogP contribution in [0.4, 0.5) is 0 Å². The monoisotopic (exact) mass is 699 g/mol. The van der Waals surface area contributed by atoms with Gasteiger partial charge in [-0.2, -0.15) is 0 Å². The van der Waals surface area contributed by atoms with Crippen LogP contribution in [0.15, 0.2) is 103 Å². The van der Waals surface area contributed by atoms with Gasteiger partial charge in [-0.1, -0.05) is 97.0 Å². The van der Waals surface area contributed by atoms with Gasteiger partial charge >= 0.3 is 5.97 Å². The Kier molecular flexibility index (Phi) is 9.53. The summed E-state index contributed by atoms with van der Waals surface area (Å²) in [6.45, 7) is 0.216. The highest BCUT2D eigenvalue weighted by molar-refractivity contribution is 6.31. The number of aliphatic carboxylic acids is 1. The second kappa shape index (κ2) is 14.2. The molecule has 1 heterocycles. The van der Waals surface area contributed by atoms with E-state index in [1.54, 1.807) is 12.1 Å². The third-order valence-electron chi connectivity index (χ3n) is 11.5. The van der Waals surface area contributed by atoms with E-state index in [9.17, 15) is 24.3 Å². The van der Waals surface area contributed by atoms with E-state index in [1.807, 2.05) is 78.9 Å². The van der Waals surface area contributed by atoms with Gasteiger partial charge in [0.1, 0.15) is 0 Å². The van der Waals surface area contributed by atoms with Crippen molar-refractivity contribution in [3.8, 4) is 11.5 Å². The molecule has 9 heteroatoms. The number of phenols is 1. The van der Waals surface area contributed by atoms with Crippen LogP contribution in [0.3, 0.4) is 0 Å². The molecule has 6 atom stereocenters. The van der Waals surface area contributed by atoms with Crippen molar-refractivity contribution in [2.24, 2.45) is 29.6 Å². The van der Waals surface area contributed by atoms with Gasteiger partial charge in [0.15, 0.2) is 23.1 Å². The van der Waals surface area contributed by atoms with E-state index >= 15 is 4.79 Å². The molecule has 266 valence electrons. The van der Waals surface area contributed by atoms with Gasteiger partial charge < -0.3 is 14.9 Å². The Bertz CT molecular complexity index is 2010. The van der Waals surface area contributed by atoms with Crippen LogP contribution >= 0.6 is 0 Å². The number of fused-ring (bicyclic) bond motifs is 4.